The molecule has 5 heteroatoms. The summed E-state index contributed by atoms with van der Waals surface area (Å²) in [5, 5.41) is 0. The van der Waals surface area contributed by atoms with E-state index in [2.05, 4.69) is 0 Å². The Kier molecular flexibility index (Phi) is 5.67. The van der Waals surface area contributed by atoms with Gasteiger partial charge in [-0.25, -0.2) is 9.18 Å². The maximum atomic E-state index is 13.2. The summed E-state index contributed by atoms with van der Waals surface area (Å²) in [6.45, 7) is 5.39. The van der Waals surface area contributed by atoms with Gasteiger partial charge >= 0.3 is 5.97 Å². The fourth-order valence-corrected chi connectivity index (χ4v) is 2.07. The van der Waals surface area contributed by atoms with Crippen molar-refractivity contribution in [3.63, 3.8) is 0 Å². The lowest BCUT2D eigenvalue weighted by atomic mass is 9.84. The van der Waals surface area contributed by atoms with Crippen LogP contribution in [0.3, 0.4) is 0 Å². The highest BCUT2D eigenvalue weighted by Crippen LogP contribution is 2.33. The van der Waals surface area contributed by atoms with E-state index >= 15 is 0 Å². The van der Waals surface area contributed by atoms with E-state index in [0.717, 1.165) is 0 Å². The van der Waals surface area contributed by atoms with E-state index in [-0.39, 0.29) is 18.3 Å². The fourth-order valence-electron chi connectivity index (χ4n) is 2.07. The van der Waals surface area contributed by atoms with Crippen LogP contribution in [0.4, 0.5) is 4.39 Å². The van der Waals surface area contributed by atoms with Gasteiger partial charge in [0.15, 0.2) is 0 Å². The molecule has 1 atom stereocenters. The molecule has 0 fully saturated rings. The first-order valence-electron chi connectivity index (χ1n) is 6.46. The van der Waals surface area contributed by atoms with Gasteiger partial charge in [-0.1, -0.05) is 19.9 Å². The van der Waals surface area contributed by atoms with Gasteiger partial charge in [0.25, 0.3) is 0 Å². The van der Waals surface area contributed by atoms with E-state index in [1.54, 1.807) is 6.92 Å². The fraction of sp³-hybridized carbons (Fsp3) is 0.467. The van der Waals surface area contributed by atoms with E-state index in [4.69, 9.17) is 9.47 Å². The van der Waals surface area contributed by atoms with Crippen molar-refractivity contribution in [1.29, 1.82) is 0 Å². The molecular weight excluding hydrogens is 263 g/mol. The summed E-state index contributed by atoms with van der Waals surface area (Å²) in [6, 6.07) is 3.91. The lowest BCUT2D eigenvalue weighted by Crippen LogP contribution is -2.28. The predicted octanol–water partition coefficient (Wildman–Crippen LogP) is 2.71. The number of hydrogen-bond donors (Lipinski definition) is 0. The van der Waals surface area contributed by atoms with E-state index in [0.29, 0.717) is 5.56 Å². The Bertz CT molecular complexity index is 497. The molecule has 0 aliphatic heterocycles. The van der Waals surface area contributed by atoms with Crippen LogP contribution in [0.1, 0.15) is 32.3 Å². The zero-order valence-electron chi connectivity index (χ0n) is 12.1. The number of ketones is 1. The summed E-state index contributed by atoms with van der Waals surface area (Å²) in [5.41, 5.74) is 0.488. The van der Waals surface area contributed by atoms with Gasteiger partial charge < -0.3 is 9.47 Å². The molecule has 0 aliphatic rings. The number of ether oxygens (including phenoxy) is 2. The quantitative estimate of drug-likeness (QED) is 0.594. The SMILES string of the molecule is CCOC(=O)C(=O)C(c1ccc(F)cc1OC)C(C)C. The van der Waals surface area contributed by atoms with Crippen molar-refractivity contribution < 1.29 is 23.5 Å². The summed E-state index contributed by atoms with van der Waals surface area (Å²) in [4.78, 5) is 23.8. The van der Waals surface area contributed by atoms with Gasteiger partial charge in [-0.3, -0.25) is 4.79 Å². The maximum Gasteiger partial charge on any atom is 0.375 e. The first kappa shape index (κ1) is 16.1. The minimum Gasteiger partial charge on any atom is -0.496 e. The second kappa shape index (κ2) is 7.03. The van der Waals surface area contributed by atoms with E-state index in [9.17, 15) is 14.0 Å². The van der Waals surface area contributed by atoms with Gasteiger partial charge in [-0.05, 0) is 18.9 Å². The van der Waals surface area contributed by atoms with Crippen LogP contribution in [0.2, 0.25) is 0 Å². The van der Waals surface area contributed by atoms with Crippen molar-refractivity contribution in [1.82, 2.24) is 0 Å². The maximum absolute atomic E-state index is 13.2. The average molecular weight is 282 g/mol. The number of benzene rings is 1. The van der Waals surface area contributed by atoms with Crippen molar-refractivity contribution >= 4 is 11.8 Å². The monoisotopic (exact) mass is 282 g/mol. The number of carbonyl (C=O) groups excluding carboxylic acids is 2. The summed E-state index contributed by atoms with van der Waals surface area (Å²) in [6.07, 6.45) is 0. The third kappa shape index (κ3) is 3.56. The van der Waals surface area contributed by atoms with E-state index in [1.807, 2.05) is 13.8 Å². The Morgan fingerprint density at radius 3 is 2.45 bits per heavy atom. The second-order valence-electron chi connectivity index (χ2n) is 4.69. The molecule has 0 aromatic heterocycles. The molecular formula is C15H19FO4. The molecule has 0 N–H and O–H groups in total. The van der Waals surface area contributed by atoms with Crippen molar-refractivity contribution in [3.8, 4) is 5.75 Å². The van der Waals surface area contributed by atoms with Gasteiger partial charge in [0.05, 0.1) is 19.6 Å². The van der Waals surface area contributed by atoms with Gasteiger partial charge in [0.1, 0.15) is 11.6 Å². The molecule has 0 saturated heterocycles. The molecule has 1 unspecified atom stereocenters. The van der Waals surface area contributed by atoms with Crippen LogP contribution in [0.5, 0.6) is 5.75 Å². The Labute approximate surface area is 117 Å². The summed E-state index contributed by atoms with van der Waals surface area (Å²) < 4.78 is 23.1. The van der Waals surface area contributed by atoms with Crippen molar-refractivity contribution in [2.45, 2.75) is 26.7 Å². The molecule has 0 bridgehead atoms. The Morgan fingerprint density at radius 2 is 1.95 bits per heavy atom. The molecule has 0 heterocycles. The number of carbonyl (C=O) groups is 2. The Morgan fingerprint density at radius 1 is 1.30 bits per heavy atom. The van der Waals surface area contributed by atoms with Crippen LogP contribution >= 0.6 is 0 Å². The number of esters is 1. The first-order valence-corrected chi connectivity index (χ1v) is 6.46. The summed E-state index contributed by atoms with van der Waals surface area (Å²) in [5.74, 6) is -2.60. The second-order valence-corrected chi connectivity index (χ2v) is 4.69. The smallest absolute Gasteiger partial charge is 0.375 e. The van der Waals surface area contributed by atoms with Crippen molar-refractivity contribution in [2.75, 3.05) is 13.7 Å². The topological polar surface area (TPSA) is 52.6 Å². The van der Waals surface area contributed by atoms with Crippen LogP contribution in [0, 0.1) is 11.7 Å². The molecule has 0 amide bonds. The Balaban J connectivity index is 3.21. The van der Waals surface area contributed by atoms with Crippen molar-refractivity contribution in [2.24, 2.45) is 5.92 Å². The van der Waals surface area contributed by atoms with Crippen LogP contribution in [-0.4, -0.2) is 25.5 Å². The molecule has 0 saturated carbocycles. The Hall–Kier alpha value is -1.91. The first-order chi connectivity index (χ1) is 9.42. The lowest BCUT2D eigenvalue weighted by Gasteiger charge is -2.21. The zero-order chi connectivity index (χ0) is 15.3. The number of halogens is 1. The van der Waals surface area contributed by atoms with Crippen LogP contribution in [0.25, 0.3) is 0 Å². The lowest BCUT2D eigenvalue weighted by molar-refractivity contribution is -0.154. The molecule has 1 aromatic rings. The van der Waals surface area contributed by atoms with Gasteiger partial charge in [0, 0.05) is 11.6 Å². The molecule has 1 rings (SSSR count). The molecule has 20 heavy (non-hydrogen) atoms. The van der Waals surface area contributed by atoms with Gasteiger partial charge in [-0.2, -0.15) is 0 Å². The number of methoxy groups -OCH3 is 1. The minimum atomic E-state index is -0.877. The standard InChI is InChI=1S/C15H19FO4/c1-5-20-15(18)14(17)13(9(2)3)11-7-6-10(16)8-12(11)19-4/h6-9,13H,5H2,1-4H3. The summed E-state index contributed by atoms with van der Waals surface area (Å²) in [7, 11) is 1.39. The molecule has 4 nitrogen and oxygen atoms in total. The molecule has 0 aliphatic carbocycles. The number of hydrogen-bond acceptors (Lipinski definition) is 4. The number of rotatable bonds is 6. The van der Waals surface area contributed by atoms with Crippen LogP contribution < -0.4 is 4.74 Å². The highest BCUT2D eigenvalue weighted by Gasteiger charge is 2.32. The molecule has 110 valence electrons. The summed E-state index contributed by atoms with van der Waals surface area (Å²) >= 11 is 0. The molecule has 0 spiro atoms. The third-order valence-corrected chi connectivity index (χ3v) is 2.96. The highest BCUT2D eigenvalue weighted by molar-refractivity contribution is 6.36. The average Bonchev–Trinajstić information content (AvgIpc) is 2.40. The van der Waals surface area contributed by atoms with Crippen molar-refractivity contribution in [3.05, 3.63) is 29.6 Å². The molecule has 1 aromatic carbocycles. The highest BCUT2D eigenvalue weighted by atomic mass is 19.1. The normalized spacial score (nSPS) is 12.1. The number of Topliss-reactive ketones (excluding diaryl/α,β-unsaturated/α-hetero) is 1. The van der Waals surface area contributed by atoms with Gasteiger partial charge in [0.2, 0.25) is 5.78 Å². The zero-order valence-corrected chi connectivity index (χ0v) is 12.1. The predicted molar refractivity (Wildman–Crippen MR) is 72.2 cm³/mol. The van der Waals surface area contributed by atoms with Crippen LogP contribution in [0.15, 0.2) is 18.2 Å². The minimum absolute atomic E-state index is 0.135. The van der Waals surface area contributed by atoms with E-state index in [1.165, 1.54) is 25.3 Å². The third-order valence-electron chi connectivity index (χ3n) is 2.96. The largest absolute Gasteiger partial charge is 0.496 e. The van der Waals surface area contributed by atoms with Gasteiger partial charge in [-0.15, -0.1) is 0 Å². The van der Waals surface area contributed by atoms with E-state index < -0.39 is 23.5 Å². The van der Waals surface area contributed by atoms with Crippen LogP contribution in [-0.2, 0) is 14.3 Å². The molecule has 0 radical (unpaired) electrons.